The van der Waals surface area contributed by atoms with Crippen molar-refractivity contribution >= 4 is 10.0 Å². The highest BCUT2D eigenvalue weighted by molar-refractivity contribution is 7.89. The van der Waals surface area contributed by atoms with Crippen LogP contribution in [0.5, 0.6) is 17.2 Å². The van der Waals surface area contributed by atoms with E-state index in [-0.39, 0.29) is 16.9 Å². The van der Waals surface area contributed by atoms with E-state index < -0.39 is 10.0 Å². The molecule has 0 aromatic heterocycles. The van der Waals surface area contributed by atoms with E-state index in [1.807, 2.05) is 12.1 Å². The van der Waals surface area contributed by atoms with Gasteiger partial charge in [0.1, 0.15) is 5.75 Å². The van der Waals surface area contributed by atoms with Crippen LogP contribution >= 0.6 is 0 Å². The first-order valence-corrected chi connectivity index (χ1v) is 10.00. The molecule has 7 heteroatoms. The summed E-state index contributed by atoms with van der Waals surface area (Å²) < 4.78 is 43.7. The van der Waals surface area contributed by atoms with Gasteiger partial charge in [-0.3, -0.25) is 0 Å². The molecule has 0 spiro atoms. The lowest BCUT2D eigenvalue weighted by Gasteiger charge is -2.19. The summed E-state index contributed by atoms with van der Waals surface area (Å²) in [6.07, 6.45) is 0. The van der Waals surface area contributed by atoms with Gasteiger partial charge in [-0.2, -0.15) is 0 Å². The Morgan fingerprint density at radius 3 is 1.85 bits per heavy atom. The fourth-order valence-electron chi connectivity index (χ4n) is 2.62. The van der Waals surface area contributed by atoms with Crippen LogP contribution in [0.25, 0.3) is 0 Å². The maximum absolute atomic E-state index is 12.6. The molecule has 148 valence electrons. The van der Waals surface area contributed by atoms with Crippen LogP contribution < -0.4 is 18.9 Å². The number of benzene rings is 2. The highest BCUT2D eigenvalue weighted by Crippen LogP contribution is 2.34. The minimum absolute atomic E-state index is 0.0390. The van der Waals surface area contributed by atoms with Gasteiger partial charge in [-0.25, -0.2) is 13.1 Å². The van der Waals surface area contributed by atoms with Gasteiger partial charge in [0.05, 0.1) is 26.2 Å². The van der Waals surface area contributed by atoms with E-state index in [9.17, 15) is 8.42 Å². The van der Waals surface area contributed by atoms with E-state index in [0.717, 1.165) is 5.56 Å². The summed E-state index contributed by atoms with van der Waals surface area (Å²) in [4.78, 5) is 0.218. The van der Waals surface area contributed by atoms with Gasteiger partial charge < -0.3 is 14.2 Å². The molecule has 0 fully saturated rings. The van der Waals surface area contributed by atoms with Crippen LogP contribution in [0.15, 0.2) is 41.3 Å². The molecule has 2 rings (SSSR count). The first-order valence-electron chi connectivity index (χ1n) is 8.51. The topological polar surface area (TPSA) is 73.9 Å². The van der Waals surface area contributed by atoms with E-state index in [4.69, 9.17) is 14.2 Å². The Morgan fingerprint density at radius 1 is 0.852 bits per heavy atom. The molecule has 27 heavy (non-hydrogen) atoms. The van der Waals surface area contributed by atoms with Gasteiger partial charge in [0.15, 0.2) is 11.5 Å². The Hall–Kier alpha value is -2.25. The average molecular weight is 394 g/mol. The van der Waals surface area contributed by atoms with Crippen molar-refractivity contribution in [2.24, 2.45) is 0 Å². The minimum Gasteiger partial charge on any atom is -0.496 e. The second-order valence-corrected chi connectivity index (χ2v) is 8.88. The highest BCUT2D eigenvalue weighted by atomic mass is 32.2. The van der Waals surface area contributed by atoms with Crippen molar-refractivity contribution in [2.45, 2.75) is 37.6 Å². The predicted octanol–water partition coefficient (Wildman–Crippen LogP) is 3.49. The molecule has 0 amide bonds. The number of ether oxygens (including phenoxy) is 3. The van der Waals surface area contributed by atoms with Crippen molar-refractivity contribution in [3.63, 3.8) is 0 Å². The molecule has 1 N–H and O–H groups in total. The van der Waals surface area contributed by atoms with Gasteiger partial charge in [0.25, 0.3) is 0 Å². The Kier molecular flexibility index (Phi) is 6.38. The molecule has 0 unspecified atom stereocenters. The smallest absolute Gasteiger partial charge is 0.240 e. The van der Waals surface area contributed by atoms with Crippen molar-refractivity contribution in [1.82, 2.24) is 4.72 Å². The first-order chi connectivity index (χ1) is 12.6. The van der Waals surface area contributed by atoms with Crippen LogP contribution in [0, 0.1) is 0 Å². The monoisotopic (exact) mass is 393 g/mol. The largest absolute Gasteiger partial charge is 0.496 e. The molecule has 2 aromatic rings. The molecule has 0 aliphatic heterocycles. The third kappa shape index (κ3) is 4.93. The summed E-state index contributed by atoms with van der Waals surface area (Å²) in [7, 11) is 0.911. The number of nitrogens with one attached hydrogen (secondary N) is 1. The van der Waals surface area contributed by atoms with Crippen LogP contribution in [-0.2, 0) is 22.0 Å². The molecule has 6 nitrogen and oxygen atoms in total. The summed E-state index contributed by atoms with van der Waals surface area (Å²) >= 11 is 0. The molecule has 2 aromatic carbocycles. The standard InChI is InChI=1S/C20H27NO5S/c1-20(2,3)15-7-9-16(10-8-15)27(22,23)21-13-14-11-18(25-5)19(26-6)12-17(14)24-4/h7-12,21H,13H2,1-6H3. The van der Waals surface area contributed by atoms with E-state index in [1.165, 1.54) is 21.3 Å². The molecule has 0 aliphatic rings. The lowest BCUT2D eigenvalue weighted by Crippen LogP contribution is -2.23. The van der Waals surface area contributed by atoms with E-state index >= 15 is 0 Å². The van der Waals surface area contributed by atoms with Crippen LogP contribution in [0.3, 0.4) is 0 Å². The van der Waals surface area contributed by atoms with Crippen LogP contribution in [0.2, 0.25) is 0 Å². The predicted molar refractivity (Wildman–Crippen MR) is 105 cm³/mol. The van der Waals surface area contributed by atoms with Crippen molar-refractivity contribution < 1.29 is 22.6 Å². The van der Waals surface area contributed by atoms with Crippen LogP contribution in [0.1, 0.15) is 31.9 Å². The van der Waals surface area contributed by atoms with E-state index in [1.54, 1.807) is 24.3 Å². The quantitative estimate of drug-likeness (QED) is 0.779. The summed E-state index contributed by atoms with van der Waals surface area (Å²) in [6, 6.07) is 10.3. The Bertz CT molecular complexity index is 884. The zero-order valence-corrected chi connectivity index (χ0v) is 17.4. The maximum Gasteiger partial charge on any atom is 0.240 e. The normalized spacial score (nSPS) is 11.9. The van der Waals surface area contributed by atoms with E-state index in [2.05, 4.69) is 25.5 Å². The third-order valence-electron chi connectivity index (χ3n) is 4.27. The van der Waals surface area contributed by atoms with Gasteiger partial charge in [-0.15, -0.1) is 0 Å². The van der Waals surface area contributed by atoms with Gasteiger partial charge in [0, 0.05) is 18.2 Å². The summed E-state index contributed by atoms with van der Waals surface area (Å²) in [6.45, 7) is 6.31. The van der Waals surface area contributed by atoms with Gasteiger partial charge in [0.2, 0.25) is 10.0 Å². The first kappa shape index (κ1) is 21.1. The van der Waals surface area contributed by atoms with Crippen molar-refractivity contribution in [3.05, 3.63) is 47.5 Å². The summed E-state index contributed by atoms with van der Waals surface area (Å²) in [5.41, 5.74) is 1.68. The zero-order valence-electron chi connectivity index (χ0n) is 16.6. The van der Waals surface area contributed by atoms with Crippen LogP contribution in [-0.4, -0.2) is 29.7 Å². The Labute approximate surface area is 161 Å². The lowest BCUT2D eigenvalue weighted by atomic mass is 9.87. The third-order valence-corrected chi connectivity index (χ3v) is 5.69. The molecule has 0 atom stereocenters. The minimum atomic E-state index is -3.66. The fourth-order valence-corrected chi connectivity index (χ4v) is 3.63. The Morgan fingerprint density at radius 2 is 1.37 bits per heavy atom. The fraction of sp³-hybridized carbons (Fsp3) is 0.400. The number of methoxy groups -OCH3 is 3. The number of sulfonamides is 1. The molecule has 0 saturated heterocycles. The lowest BCUT2D eigenvalue weighted by molar-refractivity contribution is 0.347. The molecule has 0 heterocycles. The SMILES string of the molecule is COc1cc(OC)c(OC)cc1CNS(=O)(=O)c1ccc(C(C)(C)C)cc1. The van der Waals surface area contributed by atoms with Crippen molar-refractivity contribution in [2.75, 3.05) is 21.3 Å². The second kappa shape index (κ2) is 8.19. The van der Waals surface area contributed by atoms with Crippen molar-refractivity contribution in [3.8, 4) is 17.2 Å². The number of rotatable bonds is 7. The van der Waals surface area contributed by atoms with E-state index in [0.29, 0.717) is 22.8 Å². The molecule has 0 bridgehead atoms. The Balaban J connectivity index is 2.24. The van der Waals surface area contributed by atoms with Crippen molar-refractivity contribution in [1.29, 1.82) is 0 Å². The molecule has 0 saturated carbocycles. The maximum atomic E-state index is 12.6. The molecule has 0 aliphatic carbocycles. The number of hydrogen-bond donors (Lipinski definition) is 1. The van der Waals surface area contributed by atoms with Gasteiger partial charge in [-0.05, 0) is 29.2 Å². The second-order valence-electron chi connectivity index (χ2n) is 7.12. The number of hydrogen-bond acceptors (Lipinski definition) is 5. The van der Waals surface area contributed by atoms with Crippen LogP contribution in [0.4, 0.5) is 0 Å². The highest BCUT2D eigenvalue weighted by Gasteiger charge is 2.19. The molecule has 0 radical (unpaired) electrons. The van der Waals surface area contributed by atoms with Gasteiger partial charge in [-0.1, -0.05) is 32.9 Å². The molecular formula is C20H27NO5S. The zero-order chi connectivity index (χ0) is 20.2. The summed E-state index contributed by atoms with van der Waals surface area (Å²) in [5, 5.41) is 0. The van der Waals surface area contributed by atoms with Gasteiger partial charge >= 0.3 is 0 Å². The average Bonchev–Trinajstić information content (AvgIpc) is 2.65. The summed E-state index contributed by atoms with van der Waals surface area (Å²) in [5.74, 6) is 1.53. The molecular weight excluding hydrogens is 366 g/mol.